The average molecular weight is 338 g/mol. The van der Waals surface area contributed by atoms with Crippen LogP contribution >= 0.6 is 0 Å². The molecule has 0 bridgehead atoms. The first kappa shape index (κ1) is 19.8. The second-order valence-corrected chi connectivity index (χ2v) is 6.74. The van der Waals surface area contributed by atoms with Crippen molar-refractivity contribution in [2.75, 3.05) is 7.11 Å². The Hall–Kier alpha value is -2.28. The molecule has 3 N–H and O–H groups in total. The summed E-state index contributed by atoms with van der Waals surface area (Å²) in [6.07, 6.45) is 0.0830. The first-order valence-electron chi connectivity index (χ1n) is 7.68. The van der Waals surface area contributed by atoms with Crippen LogP contribution in [0.3, 0.4) is 0 Å². The van der Waals surface area contributed by atoms with E-state index in [9.17, 15) is 14.7 Å². The van der Waals surface area contributed by atoms with Gasteiger partial charge in [-0.15, -0.1) is 0 Å². The molecule has 1 atom stereocenters. The maximum absolute atomic E-state index is 11.7. The van der Waals surface area contributed by atoms with Crippen LogP contribution in [0, 0.1) is 0 Å². The fraction of sp³-hybridized carbons (Fsp3) is 0.529. The molecule has 0 fully saturated rings. The molecule has 24 heavy (non-hydrogen) atoms. The summed E-state index contributed by atoms with van der Waals surface area (Å²) in [6.45, 7) is 6.70. The highest BCUT2D eigenvalue weighted by atomic mass is 16.6. The van der Waals surface area contributed by atoms with Crippen molar-refractivity contribution in [3.8, 4) is 5.75 Å². The van der Waals surface area contributed by atoms with Crippen LogP contribution in [0.5, 0.6) is 5.75 Å². The number of carbonyl (C=O) groups is 2. The fourth-order valence-corrected chi connectivity index (χ4v) is 1.90. The Kier molecular flexibility index (Phi) is 6.60. The van der Waals surface area contributed by atoms with Crippen LogP contribution in [0.1, 0.15) is 39.7 Å². The lowest BCUT2D eigenvalue weighted by Gasteiger charge is -2.27. The van der Waals surface area contributed by atoms with Gasteiger partial charge in [0.25, 0.3) is 0 Å². The topological polar surface area (TPSA) is 96.9 Å². The second-order valence-electron chi connectivity index (χ2n) is 6.74. The van der Waals surface area contributed by atoms with Crippen LogP contribution in [-0.4, -0.2) is 35.4 Å². The highest BCUT2D eigenvalue weighted by molar-refractivity contribution is 5.79. The van der Waals surface area contributed by atoms with Gasteiger partial charge in [-0.2, -0.15) is 0 Å². The summed E-state index contributed by atoms with van der Waals surface area (Å²) in [5.74, 6) is -0.323. The number of amides is 1. The molecule has 0 spiro atoms. The number of hydrogen-bond donors (Lipinski definition) is 3. The summed E-state index contributed by atoms with van der Waals surface area (Å²) in [5, 5.41) is 9.46. The number of carboxylic acid groups (broad SMARTS) is 1. The normalized spacial score (nSPS) is 13.7. The summed E-state index contributed by atoms with van der Waals surface area (Å²) in [4.78, 5) is 23.2. The minimum Gasteiger partial charge on any atom is -0.497 e. The molecule has 1 aromatic carbocycles. The zero-order chi connectivity index (χ0) is 18.4. The minimum absolute atomic E-state index is 0.282. The van der Waals surface area contributed by atoms with Crippen molar-refractivity contribution in [2.45, 2.75) is 51.7 Å². The van der Waals surface area contributed by atoms with Gasteiger partial charge in [0.15, 0.2) is 0 Å². The van der Waals surface area contributed by atoms with Crippen molar-refractivity contribution < 1.29 is 24.2 Å². The Balaban J connectivity index is 2.63. The van der Waals surface area contributed by atoms with Crippen LogP contribution in [0.15, 0.2) is 24.3 Å². The molecular weight excluding hydrogens is 312 g/mol. The quantitative estimate of drug-likeness (QED) is 0.661. The molecule has 0 aliphatic carbocycles. The monoisotopic (exact) mass is 338 g/mol. The van der Waals surface area contributed by atoms with E-state index in [1.165, 1.54) is 6.92 Å². The van der Waals surface area contributed by atoms with Crippen LogP contribution in [0.4, 0.5) is 4.79 Å². The third-order valence-electron chi connectivity index (χ3n) is 3.38. The number of carboxylic acids is 1. The molecule has 0 saturated carbocycles. The summed E-state index contributed by atoms with van der Waals surface area (Å²) < 4.78 is 10.2. The fourth-order valence-electron chi connectivity index (χ4n) is 1.90. The minimum atomic E-state index is -1.32. The second kappa shape index (κ2) is 8.01. The van der Waals surface area contributed by atoms with Crippen molar-refractivity contribution in [1.82, 2.24) is 10.9 Å². The van der Waals surface area contributed by atoms with Gasteiger partial charge in [-0.1, -0.05) is 12.1 Å². The van der Waals surface area contributed by atoms with E-state index >= 15 is 0 Å². The standard InChI is InChI=1S/C17H26N2O5/c1-16(2,3)24-15(22)18-19-17(4,14(20)21)11-10-12-6-8-13(23-5)9-7-12/h6-9,19H,10-11H2,1-5H3,(H,18,22)(H,20,21). The van der Waals surface area contributed by atoms with E-state index in [0.717, 1.165) is 11.3 Å². The summed E-state index contributed by atoms with van der Waals surface area (Å²) in [5.41, 5.74) is 3.86. The van der Waals surface area contributed by atoms with Gasteiger partial charge < -0.3 is 14.6 Å². The molecule has 1 rings (SSSR count). The van der Waals surface area contributed by atoms with Crippen molar-refractivity contribution >= 4 is 12.1 Å². The van der Waals surface area contributed by atoms with E-state index in [1.54, 1.807) is 27.9 Å². The van der Waals surface area contributed by atoms with Gasteiger partial charge in [-0.05, 0) is 58.2 Å². The number of hydrazine groups is 1. The molecule has 1 amide bonds. The molecule has 0 radical (unpaired) electrons. The molecule has 0 aromatic heterocycles. The average Bonchev–Trinajstić information content (AvgIpc) is 2.49. The zero-order valence-electron chi connectivity index (χ0n) is 14.8. The molecule has 0 heterocycles. The van der Waals surface area contributed by atoms with E-state index in [1.807, 2.05) is 24.3 Å². The molecule has 7 nitrogen and oxygen atoms in total. The SMILES string of the molecule is COc1ccc(CCC(C)(NNC(=O)OC(C)(C)C)C(=O)O)cc1. The van der Waals surface area contributed by atoms with Gasteiger partial charge in [-0.25, -0.2) is 10.2 Å². The third kappa shape index (κ3) is 6.45. The molecule has 0 aliphatic rings. The zero-order valence-corrected chi connectivity index (χ0v) is 14.8. The molecule has 1 unspecified atom stereocenters. The summed E-state index contributed by atoms with van der Waals surface area (Å²) in [7, 11) is 1.59. The molecule has 7 heteroatoms. The van der Waals surface area contributed by atoms with Crippen molar-refractivity contribution in [1.29, 1.82) is 0 Å². The van der Waals surface area contributed by atoms with Gasteiger partial charge in [0.1, 0.15) is 16.9 Å². The van der Waals surface area contributed by atoms with Gasteiger partial charge in [-0.3, -0.25) is 10.2 Å². The number of aryl methyl sites for hydroxylation is 1. The highest BCUT2D eigenvalue weighted by Crippen LogP contribution is 2.17. The molecular formula is C17H26N2O5. The number of aliphatic carboxylic acids is 1. The van der Waals surface area contributed by atoms with Gasteiger partial charge >= 0.3 is 12.1 Å². The number of nitrogens with one attached hydrogen (secondary N) is 2. The first-order chi connectivity index (χ1) is 11.1. The highest BCUT2D eigenvalue weighted by Gasteiger charge is 2.33. The maximum Gasteiger partial charge on any atom is 0.422 e. The Morgan fingerprint density at radius 3 is 2.17 bits per heavy atom. The van der Waals surface area contributed by atoms with E-state index in [2.05, 4.69) is 10.9 Å². The van der Waals surface area contributed by atoms with Crippen molar-refractivity contribution in [2.24, 2.45) is 0 Å². The van der Waals surface area contributed by atoms with Crippen LogP contribution < -0.4 is 15.6 Å². The number of benzene rings is 1. The summed E-state index contributed by atoms with van der Waals surface area (Å²) >= 11 is 0. The Morgan fingerprint density at radius 2 is 1.71 bits per heavy atom. The van der Waals surface area contributed by atoms with Crippen molar-refractivity contribution in [3.05, 3.63) is 29.8 Å². The largest absolute Gasteiger partial charge is 0.497 e. The Labute approximate surface area is 142 Å². The number of methoxy groups -OCH3 is 1. The molecule has 0 aliphatic heterocycles. The summed E-state index contributed by atoms with van der Waals surface area (Å²) in [6, 6.07) is 7.39. The van der Waals surface area contributed by atoms with Gasteiger partial charge in [0.05, 0.1) is 7.11 Å². The predicted molar refractivity (Wildman–Crippen MR) is 89.9 cm³/mol. The van der Waals surface area contributed by atoms with Crippen LogP contribution in [-0.2, 0) is 16.0 Å². The number of ether oxygens (including phenoxy) is 2. The van der Waals surface area contributed by atoms with Crippen LogP contribution in [0.2, 0.25) is 0 Å². The smallest absolute Gasteiger partial charge is 0.422 e. The maximum atomic E-state index is 11.7. The Bertz CT molecular complexity index is 565. The van der Waals surface area contributed by atoms with E-state index < -0.39 is 23.2 Å². The Morgan fingerprint density at radius 1 is 1.12 bits per heavy atom. The molecule has 134 valence electrons. The third-order valence-corrected chi connectivity index (χ3v) is 3.38. The van der Waals surface area contributed by atoms with Crippen LogP contribution in [0.25, 0.3) is 0 Å². The first-order valence-corrected chi connectivity index (χ1v) is 7.68. The van der Waals surface area contributed by atoms with E-state index in [-0.39, 0.29) is 6.42 Å². The van der Waals surface area contributed by atoms with E-state index in [0.29, 0.717) is 6.42 Å². The lowest BCUT2D eigenvalue weighted by atomic mass is 9.94. The lowest BCUT2D eigenvalue weighted by molar-refractivity contribution is -0.144. The molecule has 0 saturated heterocycles. The predicted octanol–water partition coefficient (Wildman–Crippen LogP) is 2.50. The van der Waals surface area contributed by atoms with Gasteiger partial charge in [0.2, 0.25) is 0 Å². The van der Waals surface area contributed by atoms with Crippen molar-refractivity contribution in [3.63, 3.8) is 0 Å². The van der Waals surface area contributed by atoms with E-state index in [4.69, 9.17) is 9.47 Å². The number of hydrogen-bond acceptors (Lipinski definition) is 5. The number of rotatable bonds is 7. The number of carbonyl (C=O) groups excluding carboxylic acids is 1. The molecule has 1 aromatic rings. The lowest BCUT2D eigenvalue weighted by Crippen LogP contribution is -2.58. The van der Waals surface area contributed by atoms with Gasteiger partial charge in [0, 0.05) is 0 Å².